The molecule has 1 aromatic heterocycles. The van der Waals surface area contributed by atoms with Crippen molar-refractivity contribution in [2.75, 3.05) is 26.8 Å². The third-order valence-corrected chi connectivity index (χ3v) is 6.31. The van der Waals surface area contributed by atoms with E-state index in [0.29, 0.717) is 25.3 Å². The molecule has 0 bridgehead atoms. The van der Waals surface area contributed by atoms with E-state index >= 15 is 0 Å². The molecule has 4 rings (SSSR count). The molecule has 34 heavy (non-hydrogen) atoms. The van der Waals surface area contributed by atoms with E-state index in [1.54, 1.807) is 12.0 Å². The van der Waals surface area contributed by atoms with Gasteiger partial charge >= 0.3 is 0 Å². The first-order valence-corrected chi connectivity index (χ1v) is 11.9. The summed E-state index contributed by atoms with van der Waals surface area (Å²) in [6, 6.07) is 22.2. The molecule has 0 unspecified atom stereocenters. The van der Waals surface area contributed by atoms with Crippen molar-refractivity contribution < 1.29 is 14.3 Å². The molecule has 2 amide bonds. The summed E-state index contributed by atoms with van der Waals surface area (Å²) in [6.07, 6.45) is 4.08. The molecule has 0 atom stereocenters. The molecule has 6 nitrogen and oxygen atoms in total. The van der Waals surface area contributed by atoms with Crippen molar-refractivity contribution in [1.29, 1.82) is 0 Å². The molecule has 0 N–H and O–H groups in total. The number of nitrogens with zero attached hydrogens (tertiary/aromatic N) is 3. The fraction of sp³-hybridized carbons (Fsp3) is 0.357. The van der Waals surface area contributed by atoms with Crippen LogP contribution in [-0.4, -0.2) is 59.0 Å². The van der Waals surface area contributed by atoms with Gasteiger partial charge in [-0.2, -0.15) is 0 Å². The Bertz CT molecular complexity index is 1100. The minimum atomic E-state index is -0.133. The Morgan fingerprint density at radius 2 is 1.74 bits per heavy atom. The van der Waals surface area contributed by atoms with Crippen LogP contribution in [0.15, 0.2) is 72.9 Å². The summed E-state index contributed by atoms with van der Waals surface area (Å²) in [5.74, 6) is -0.153. The van der Waals surface area contributed by atoms with Crippen LogP contribution < -0.4 is 0 Å². The number of rotatable bonds is 11. The van der Waals surface area contributed by atoms with Crippen LogP contribution in [-0.2, 0) is 22.6 Å². The Kier molecular flexibility index (Phi) is 7.80. The molecule has 178 valence electrons. The molecule has 0 saturated heterocycles. The number of hydrogen-bond donors (Lipinski definition) is 0. The van der Waals surface area contributed by atoms with Crippen LogP contribution >= 0.6 is 0 Å². The van der Waals surface area contributed by atoms with Crippen LogP contribution in [0.3, 0.4) is 0 Å². The third kappa shape index (κ3) is 5.94. The first-order valence-electron chi connectivity index (χ1n) is 11.9. The van der Waals surface area contributed by atoms with Gasteiger partial charge in [-0.25, -0.2) is 0 Å². The van der Waals surface area contributed by atoms with Gasteiger partial charge in [-0.3, -0.25) is 9.59 Å². The second-order valence-electron chi connectivity index (χ2n) is 8.90. The number of amides is 2. The largest absolute Gasteiger partial charge is 0.383 e. The highest BCUT2D eigenvalue weighted by atomic mass is 16.5. The molecule has 6 heteroatoms. The molecule has 1 aliphatic carbocycles. The zero-order valence-electron chi connectivity index (χ0n) is 20.0. The maximum atomic E-state index is 13.5. The Morgan fingerprint density at radius 3 is 2.44 bits per heavy atom. The molecule has 3 aromatic rings. The lowest BCUT2D eigenvalue weighted by Crippen LogP contribution is -2.45. The summed E-state index contributed by atoms with van der Waals surface area (Å²) in [4.78, 5) is 30.3. The Labute approximate surface area is 201 Å². The Hall–Kier alpha value is -3.38. The van der Waals surface area contributed by atoms with E-state index in [1.165, 1.54) is 5.56 Å². The topological polar surface area (TPSA) is 54.8 Å². The maximum absolute atomic E-state index is 13.5. The Balaban J connectivity index is 1.49. The molecule has 1 fully saturated rings. The summed E-state index contributed by atoms with van der Waals surface area (Å²) in [7, 11) is 1.61. The van der Waals surface area contributed by atoms with Crippen LogP contribution in [0.25, 0.3) is 0 Å². The van der Waals surface area contributed by atoms with E-state index in [1.807, 2.05) is 60.4 Å². The van der Waals surface area contributed by atoms with Crippen LogP contribution in [0.2, 0.25) is 0 Å². The van der Waals surface area contributed by atoms with Gasteiger partial charge in [0.1, 0.15) is 6.54 Å². The zero-order chi connectivity index (χ0) is 23.9. The van der Waals surface area contributed by atoms with Gasteiger partial charge in [0.25, 0.3) is 5.91 Å². The molecule has 2 aromatic carbocycles. The summed E-state index contributed by atoms with van der Waals surface area (Å²) in [5.41, 5.74) is 3.85. The number of methoxy groups -OCH3 is 1. The van der Waals surface area contributed by atoms with Crippen molar-refractivity contribution >= 4 is 11.8 Å². The summed E-state index contributed by atoms with van der Waals surface area (Å²) < 4.78 is 7.42. The number of ether oxygens (including phenoxy) is 1. The molecule has 1 saturated carbocycles. The average molecular weight is 460 g/mol. The van der Waals surface area contributed by atoms with Gasteiger partial charge in [0.2, 0.25) is 5.91 Å². The lowest BCUT2D eigenvalue weighted by Gasteiger charge is -2.28. The van der Waals surface area contributed by atoms with Crippen LogP contribution in [0, 0.1) is 6.92 Å². The lowest BCUT2D eigenvalue weighted by molar-refractivity contribution is -0.133. The summed E-state index contributed by atoms with van der Waals surface area (Å²) >= 11 is 0. The number of aryl methyl sites for hydroxylation is 1. The van der Waals surface area contributed by atoms with Gasteiger partial charge in [0.15, 0.2) is 0 Å². The van der Waals surface area contributed by atoms with Gasteiger partial charge in [-0.05, 0) is 49.1 Å². The molecule has 1 heterocycles. The predicted molar refractivity (Wildman–Crippen MR) is 133 cm³/mol. The Morgan fingerprint density at radius 1 is 1.00 bits per heavy atom. The number of carbonyl (C=O) groups is 2. The van der Waals surface area contributed by atoms with E-state index in [2.05, 4.69) is 29.0 Å². The van der Waals surface area contributed by atoms with Gasteiger partial charge in [-0.1, -0.05) is 48.5 Å². The van der Waals surface area contributed by atoms with E-state index in [9.17, 15) is 9.59 Å². The quantitative estimate of drug-likeness (QED) is 0.433. The highest BCUT2D eigenvalue weighted by Crippen LogP contribution is 2.29. The van der Waals surface area contributed by atoms with E-state index in [4.69, 9.17) is 4.74 Å². The van der Waals surface area contributed by atoms with E-state index in [0.717, 1.165) is 30.6 Å². The summed E-state index contributed by atoms with van der Waals surface area (Å²) in [5, 5.41) is 0. The minimum Gasteiger partial charge on any atom is -0.383 e. The molecule has 0 spiro atoms. The number of aromatic nitrogens is 1. The molecular weight excluding hydrogens is 426 g/mol. The first-order chi connectivity index (χ1) is 16.6. The number of hydrogen-bond acceptors (Lipinski definition) is 3. The SMILES string of the molecule is COCCN(CC(=O)N(Cc1cccn1Cc1ccccc1)C1CC1)C(=O)c1ccccc1C. The molecule has 1 aliphatic rings. The van der Waals surface area contributed by atoms with E-state index in [-0.39, 0.29) is 24.4 Å². The number of carbonyl (C=O) groups excluding carboxylic acids is 2. The highest BCUT2D eigenvalue weighted by molar-refractivity contribution is 5.97. The minimum absolute atomic E-state index is 0.0204. The van der Waals surface area contributed by atoms with Crippen molar-refractivity contribution in [3.8, 4) is 0 Å². The van der Waals surface area contributed by atoms with Crippen molar-refractivity contribution in [1.82, 2.24) is 14.4 Å². The molecular formula is C28H33N3O3. The van der Waals surface area contributed by atoms with Gasteiger partial charge in [0.05, 0.1) is 13.2 Å². The van der Waals surface area contributed by atoms with Crippen molar-refractivity contribution in [2.24, 2.45) is 0 Å². The van der Waals surface area contributed by atoms with E-state index < -0.39 is 0 Å². The second kappa shape index (κ2) is 11.2. The van der Waals surface area contributed by atoms with Gasteiger partial charge in [-0.15, -0.1) is 0 Å². The van der Waals surface area contributed by atoms with Crippen LogP contribution in [0.1, 0.15) is 40.0 Å². The fourth-order valence-corrected chi connectivity index (χ4v) is 4.20. The third-order valence-electron chi connectivity index (χ3n) is 6.31. The van der Waals surface area contributed by atoms with Crippen molar-refractivity contribution in [2.45, 2.75) is 38.9 Å². The summed E-state index contributed by atoms with van der Waals surface area (Å²) in [6.45, 7) is 4.03. The van der Waals surface area contributed by atoms with Gasteiger partial charge < -0.3 is 19.1 Å². The normalized spacial score (nSPS) is 13.0. The maximum Gasteiger partial charge on any atom is 0.254 e. The van der Waals surface area contributed by atoms with Crippen molar-refractivity contribution in [3.63, 3.8) is 0 Å². The fourth-order valence-electron chi connectivity index (χ4n) is 4.20. The number of benzene rings is 2. The predicted octanol–water partition coefficient (Wildman–Crippen LogP) is 4.12. The monoisotopic (exact) mass is 459 g/mol. The second-order valence-corrected chi connectivity index (χ2v) is 8.90. The first kappa shape index (κ1) is 23.8. The lowest BCUT2D eigenvalue weighted by atomic mass is 10.1. The van der Waals surface area contributed by atoms with Gasteiger partial charge in [0, 0.05) is 43.7 Å². The average Bonchev–Trinajstić information content (AvgIpc) is 3.60. The van der Waals surface area contributed by atoms with Crippen LogP contribution in [0.4, 0.5) is 0 Å². The standard InChI is InChI=1S/C28H33N3O3/c1-22-9-6-7-13-26(22)28(33)30(17-18-34-2)21-27(32)31(24-14-15-24)20-25-12-8-16-29(25)19-23-10-4-3-5-11-23/h3-13,16,24H,14-15,17-21H2,1-2H3. The smallest absolute Gasteiger partial charge is 0.254 e. The molecule has 0 radical (unpaired) electrons. The highest BCUT2D eigenvalue weighted by Gasteiger charge is 2.34. The molecule has 0 aliphatic heterocycles. The van der Waals surface area contributed by atoms with Crippen molar-refractivity contribution in [3.05, 3.63) is 95.3 Å². The van der Waals surface area contributed by atoms with Crippen LogP contribution in [0.5, 0.6) is 0 Å². The zero-order valence-corrected chi connectivity index (χ0v) is 20.0.